The number of aromatic nitrogens is 2. The fourth-order valence-electron chi connectivity index (χ4n) is 3.42. The van der Waals surface area contributed by atoms with Crippen molar-refractivity contribution in [1.82, 2.24) is 13.9 Å². The zero-order valence-electron chi connectivity index (χ0n) is 20.5. The van der Waals surface area contributed by atoms with Gasteiger partial charge in [0.05, 0.1) is 11.5 Å². The van der Waals surface area contributed by atoms with Crippen molar-refractivity contribution < 1.29 is 17.9 Å². The van der Waals surface area contributed by atoms with Crippen LogP contribution in [0.5, 0.6) is 0 Å². The number of carbonyl (C=O) groups excluding carboxylic acids is 1. The lowest BCUT2D eigenvalue weighted by Gasteiger charge is -2.12. The van der Waals surface area contributed by atoms with Gasteiger partial charge in [-0.25, -0.2) is 17.2 Å². The second kappa shape index (κ2) is 11.3. The first-order valence-corrected chi connectivity index (χ1v) is 13.2. The molecule has 0 aliphatic heterocycles. The molecule has 3 rings (SSSR count). The highest BCUT2D eigenvalue weighted by Gasteiger charge is 2.29. The van der Waals surface area contributed by atoms with E-state index in [4.69, 9.17) is 4.74 Å². The molecule has 0 saturated heterocycles. The summed E-state index contributed by atoms with van der Waals surface area (Å²) in [6.45, 7) is 12.1. The predicted octanol–water partition coefficient (Wildman–Crippen LogP) is 4.22. The zero-order valence-corrected chi connectivity index (χ0v) is 23.0. The van der Waals surface area contributed by atoms with Crippen LogP contribution in [0.1, 0.15) is 50.7 Å². The maximum Gasteiger partial charge on any atom is 0.356 e. The lowest BCUT2D eigenvalue weighted by atomic mass is 10.2. The first kappa shape index (κ1) is 27.8. The molecule has 1 N–H and O–H groups in total. The highest BCUT2D eigenvalue weighted by molar-refractivity contribution is 9.10. The van der Waals surface area contributed by atoms with Crippen molar-refractivity contribution in [3.8, 4) is 0 Å². The van der Waals surface area contributed by atoms with Gasteiger partial charge in [-0.15, -0.1) is 0 Å². The van der Waals surface area contributed by atoms with Crippen LogP contribution < -0.4 is 10.9 Å². The minimum Gasteiger partial charge on any atom is -0.461 e. The lowest BCUT2D eigenvalue weighted by molar-refractivity contribution is 0.0518. The number of halogens is 1. The molecule has 0 bridgehead atoms. The van der Waals surface area contributed by atoms with Crippen molar-refractivity contribution in [3.05, 3.63) is 62.6 Å². The summed E-state index contributed by atoms with van der Waals surface area (Å²) in [7, 11) is -2.70. The Morgan fingerprint density at radius 2 is 1.68 bits per heavy atom. The molecule has 8 nitrogen and oxygen atoms in total. The smallest absolute Gasteiger partial charge is 0.356 e. The molecule has 0 spiro atoms. The summed E-state index contributed by atoms with van der Waals surface area (Å²) in [4.78, 5) is 25.1. The van der Waals surface area contributed by atoms with Crippen LogP contribution in [0.25, 0.3) is 10.9 Å². The Bertz CT molecular complexity index is 1320. The van der Waals surface area contributed by atoms with Gasteiger partial charge in [0.25, 0.3) is 15.6 Å². The van der Waals surface area contributed by atoms with Crippen molar-refractivity contribution in [2.45, 2.75) is 58.5 Å². The number of ether oxygens (including phenoxy) is 1. The third-order valence-electron chi connectivity index (χ3n) is 4.76. The average molecular weight is 555 g/mol. The van der Waals surface area contributed by atoms with Crippen molar-refractivity contribution >= 4 is 42.8 Å². The molecule has 0 atom stereocenters. The van der Waals surface area contributed by atoms with Gasteiger partial charge < -0.3 is 14.6 Å². The summed E-state index contributed by atoms with van der Waals surface area (Å²) in [5.74, 6) is -0.821. The minimum atomic E-state index is -4.21. The van der Waals surface area contributed by atoms with Gasteiger partial charge in [0.15, 0.2) is 0 Å². The van der Waals surface area contributed by atoms with E-state index in [0.717, 1.165) is 9.54 Å². The quantitative estimate of drug-likeness (QED) is 0.459. The van der Waals surface area contributed by atoms with Gasteiger partial charge in [-0.1, -0.05) is 45.4 Å². The molecule has 1 aromatic carbocycles. The number of benzene rings is 1. The van der Waals surface area contributed by atoms with E-state index < -0.39 is 21.6 Å². The van der Waals surface area contributed by atoms with Crippen LogP contribution in [0, 0.1) is 6.92 Å². The Kier molecular flexibility index (Phi) is 9.27. The van der Waals surface area contributed by atoms with E-state index >= 15 is 0 Å². The number of carbonyl (C=O) groups is 1. The molecule has 0 unspecified atom stereocenters. The first-order valence-electron chi connectivity index (χ1n) is 11.0. The van der Waals surface area contributed by atoms with Gasteiger partial charge >= 0.3 is 5.97 Å². The van der Waals surface area contributed by atoms with Crippen LogP contribution >= 0.6 is 15.9 Å². The Hall–Kier alpha value is -2.43. The number of esters is 1. The van der Waals surface area contributed by atoms with E-state index in [0.29, 0.717) is 21.9 Å². The van der Waals surface area contributed by atoms with Crippen molar-refractivity contribution in [3.63, 3.8) is 0 Å². The largest absolute Gasteiger partial charge is 0.461 e. The molecule has 34 heavy (non-hydrogen) atoms. The predicted molar refractivity (Wildman–Crippen MR) is 138 cm³/mol. The summed E-state index contributed by atoms with van der Waals surface area (Å²) in [6.07, 6.45) is 1.52. The van der Waals surface area contributed by atoms with Crippen molar-refractivity contribution in [1.29, 1.82) is 0 Å². The van der Waals surface area contributed by atoms with E-state index in [1.165, 1.54) is 36.0 Å². The Balaban J connectivity index is 0.000000509. The summed E-state index contributed by atoms with van der Waals surface area (Å²) in [6, 6.07) is 8.78. The SMILES string of the molecule is CC(C)NC(C)C.CCOC(=O)c1cc2c(Br)cn(C)c(=O)c2n1S(=O)(=O)c1ccc(C)cc1. The van der Waals surface area contributed by atoms with E-state index in [1.54, 1.807) is 19.1 Å². The van der Waals surface area contributed by atoms with Crippen LogP contribution in [0.4, 0.5) is 0 Å². The van der Waals surface area contributed by atoms with Crippen LogP contribution in [-0.4, -0.2) is 41.6 Å². The Morgan fingerprint density at radius 3 is 2.15 bits per heavy atom. The first-order chi connectivity index (χ1) is 15.8. The Labute approximate surface area is 209 Å². The number of hydrogen-bond donors (Lipinski definition) is 1. The molecule has 0 aliphatic rings. The third kappa shape index (κ3) is 6.17. The number of aryl methyl sites for hydroxylation is 2. The van der Waals surface area contributed by atoms with Crippen LogP contribution in [0.15, 0.2) is 50.7 Å². The molecule has 0 amide bonds. The molecule has 186 valence electrons. The van der Waals surface area contributed by atoms with Gasteiger partial charge in [0.2, 0.25) is 0 Å². The molecule has 2 aromatic heterocycles. The van der Waals surface area contributed by atoms with E-state index in [9.17, 15) is 18.0 Å². The van der Waals surface area contributed by atoms with Gasteiger partial charge in [-0.3, -0.25) is 4.79 Å². The number of hydrogen-bond acceptors (Lipinski definition) is 6. The topological polar surface area (TPSA) is 99.4 Å². The molecular formula is C24H32BrN3O5S. The number of nitrogens with one attached hydrogen (secondary N) is 1. The van der Waals surface area contributed by atoms with E-state index in [1.807, 2.05) is 6.92 Å². The minimum absolute atomic E-state index is 0.0295. The summed E-state index contributed by atoms with van der Waals surface area (Å²) >= 11 is 3.33. The van der Waals surface area contributed by atoms with E-state index in [2.05, 4.69) is 48.9 Å². The number of rotatable bonds is 6. The molecule has 0 aliphatic carbocycles. The molecule has 0 fully saturated rings. The Morgan fingerprint density at radius 1 is 1.12 bits per heavy atom. The zero-order chi connectivity index (χ0) is 25.8. The standard InChI is InChI=1S/C18H17BrN2O5S.C6H15N/c1-4-26-18(23)15-9-13-14(19)10-20(3)17(22)16(13)21(15)27(24,25)12-7-5-11(2)6-8-12;1-5(2)7-6(3)4/h5-10H,4H2,1-3H3;5-7H,1-4H3. The molecule has 2 heterocycles. The maximum atomic E-state index is 13.3. The summed E-state index contributed by atoms with van der Waals surface area (Å²) in [5, 5.41) is 3.62. The number of pyridine rings is 1. The molecule has 10 heteroatoms. The number of fused-ring (bicyclic) bond motifs is 1. The highest BCUT2D eigenvalue weighted by atomic mass is 79.9. The summed E-state index contributed by atoms with van der Waals surface area (Å²) < 4.78 is 34.2. The van der Waals surface area contributed by atoms with Crippen LogP contribution in [-0.2, 0) is 21.8 Å². The van der Waals surface area contributed by atoms with Crippen molar-refractivity contribution in [2.75, 3.05) is 6.61 Å². The second-order valence-electron chi connectivity index (χ2n) is 8.46. The van der Waals surface area contributed by atoms with Crippen LogP contribution in [0.2, 0.25) is 0 Å². The molecule has 0 saturated carbocycles. The average Bonchev–Trinajstić information content (AvgIpc) is 3.14. The molecule has 3 aromatic rings. The fraction of sp³-hybridized carbons (Fsp3) is 0.417. The molecule has 0 radical (unpaired) electrons. The normalized spacial score (nSPS) is 11.6. The van der Waals surface area contributed by atoms with Crippen LogP contribution in [0.3, 0.4) is 0 Å². The van der Waals surface area contributed by atoms with Gasteiger partial charge in [0.1, 0.15) is 11.2 Å². The van der Waals surface area contributed by atoms with Gasteiger partial charge in [-0.05, 0) is 48.0 Å². The summed E-state index contributed by atoms with van der Waals surface area (Å²) in [5.41, 5.74) is 0.00181. The monoisotopic (exact) mass is 553 g/mol. The highest BCUT2D eigenvalue weighted by Crippen LogP contribution is 2.29. The van der Waals surface area contributed by atoms with E-state index in [-0.39, 0.29) is 22.7 Å². The van der Waals surface area contributed by atoms with Gasteiger partial charge in [0, 0.05) is 35.2 Å². The number of nitrogens with zero attached hydrogens (tertiary/aromatic N) is 2. The maximum absolute atomic E-state index is 13.3. The van der Waals surface area contributed by atoms with Crippen molar-refractivity contribution in [2.24, 2.45) is 7.05 Å². The fourth-order valence-corrected chi connectivity index (χ4v) is 5.52. The second-order valence-corrected chi connectivity index (χ2v) is 11.1. The lowest BCUT2D eigenvalue weighted by Crippen LogP contribution is -2.29. The third-order valence-corrected chi connectivity index (χ3v) is 7.12. The molecular weight excluding hydrogens is 522 g/mol. The van der Waals surface area contributed by atoms with Gasteiger partial charge in [-0.2, -0.15) is 0 Å².